The Labute approximate surface area is 108 Å². The second kappa shape index (κ2) is 5.21. The number of nitrogen functional groups attached to an aromatic ring is 1. The number of nitrogens with zero attached hydrogens (tertiary/aromatic N) is 5. The summed E-state index contributed by atoms with van der Waals surface area (Å²) in [6.07, 6.45) is 4.25. The molecule has 2 aromatic heterocycles. The average molecular weight is 261 g/mol. The quantitative estimate of drug-likeness (QED) is 0.606. The van der Waals surface area contributed by atoms with Gasteiger partial charge in [-0.25, -0.2) is 4.98 Å². The summed E-state index contributed by atoms with van der Waals surface area (Å²) in [6.45, 7) is 2.07. The Balaban J connectivity index is 2.16. The lowest BCUT2D eigenvalue weighted by Crippen LogP contribution is -2.08. The second-order valence-corrected chi connectivity index (χ2v) is 3.72. The van der Waals surface area contributed by atoms with Crippen molar-refractivity contribution in [3.8, 4) is 0 Å². The summed E-state index contributed by atoms with van der Waals surface area (Å²) in [4.78, 5) is 25.8. The third-order valence-electron chi connectivity index (χ3n) is 2.26. The number of nitro groups is 1. The van der Waals surface area contributed by atoms with Gasteiger partial charge in [-0.1, -0.05) is 0 Å². The van der Waals surface area contributed by atoms with Gasteiger partial charge < -0.3 is 11.1 Å². The van der Waals surface area contributed by atoms with E-state index in [0.717, 1.165) is 11.9 Å². The van der Waals surface area contributed by atoms with Gasteiger partial charge in [0.2, 0.25) is 11.8 Å². The van der Waals surface area contributed by atoms with Crippen molar-refractivity contribution in [3.05, 3.63) is 40.1 Å². The molecule has 0 fully saturated rings. The molecule has 0 aliphatic heterocycles. The fourth-order valence-corrected chi connectivity index (χ4v) is 1.34. The minimum Gasteiger partial charge on any atom is -0.368 e. The van der Waals surface area contributed by atoms with E-state index in [9.17, 15) is 10.1 Å². The Morgan fingerprint density at radius 2 is 2.11 bits per heavy atom. The first-order valence-corrected chi connectivity index (χ1v) is 5.34. The molecule has 98 valence electrons. The molecule has 0 radical (unpaired) electrons. The van der Waals surface area contributed by atoms with Gasteiger partial charge in [-0.2, -0.15) is 4.98 Å². The van der Waals surface area contributed by atoms with E-state index in [-0.39, 0.29) is 24.0 Å². The summed E-state index contributed by atoms with van der Waals surface area (Å²) < 4.78 is 0. The lowest BCUT2D eigenvalue weighted by Gasteiger charge is -2.05. The topological polar surface area (TPSA) is 133 Å². The standard InChI is InChI=1S/C10H11N7O2/c1-6-2-13-7(3-12-6)4-14-9-8(17(18)19)5-15-10(11)16-9/h2-3,5H,4H2,1H3,(H3,11,14,15,16). The molecule has 9 nitrogen and oxygen atoms in total. The highest BCUT2D eigenvalue weighted by Crippen LogP contribution is 2.21. The van der Waals surface area contributed by atoms with Gasteiger partial charge in [-0.05, 0) is 6.92 Å². The Kier molecular flexibility index (Phi) is 3.46. The molecule has 3 N–H and O–H groups in total. The van der Waals surface area contributed by atoms with Crippen molar-refractivity contribution in [2.24, 2.45) is 0 Å². The SMILES string of the molecule is Cc1cnc(CNc2nc(N)ncc2[N+](=O)[O-])cn1. The fourth-order valence-electron chi connectivity index (χ4n) is 1.34. The molecular formula is C10H11N7O2. The lowest BCUT2D eigenvalue weighted by molar-refractivity contribution is -0.384. The molecule has 0 atom stereocenters. The van der Waals surface area contributed by atoms with Gasteiger partial charge in [0.15, 0.2) is 0 Å². The smallest absolute Gasteiger partial charge is 0.329 e. The maximum absolute atomic E-state index is 10.8. The first-order valence-electron chi connectivity index (χ1n) is 5.34. The number of aryl methyl sites for hydroxylation is 1. The molecule has 0 aliphatic rings. The van der Waals surface area contributed by atoms with E-state index >= 15 is 0 Å². The number of nitrogens with one attached hydrogen (secondary N) is 1. The van der Waals surface area contributed by atoms with Crippen molar-refractivity contribution in [1.29, 1.82) is 0 Å². The Hall–Kier alpha value is -2.84. The van der Waals surface area contributed by atoms with Crippen LogP contribution in [0.3, 0.4) is 0 Å². The monoisotopic (exact) mass is 261 g/mol. The summed E-state index contributed by atoms with van der Waals surface area (Å²) in [5, 5.41) is 13.6. The van der Waals surface area contributed by atoms with E-state index in [4.69, 9.17) is 5.73 Å². The van der Waals surface area contributed by atoms with Crippen molar-refractivity contribution in [2.45, 2.75) is 13.5 Å². The van der Waals surface area contributed by atoms with Gasteiger partial charge in [-0.15, -0.1) is 0 Å². The Bertz CT molecular complexity index is 599. The van der Waals surface area contributed by atoms with Crippen LogP contribution in [-0.4, -0.2) is 24.9 Å². The molecule has 2 rings (SSSR count). The highest BCUT2D eigenvalue weighted by Gasteiger charge is 2.16. The van der Waals surface area contributed by atoms with Gasteiger partial charge in [0, 0.05) is 6.20 Å². The number of rotatable bonds is 4. The van der Waals surface area contributed by atoms with Crippen LogP contribution in [0.4, 0.5) is 17.5 Å². The van der Waals surface area contributed by atoms with E-state index in [1.54, 1.807) is 12.4 Å². The molecule has 0 saturated heterocycles. The normalized spacial score (nSPS) is 10.2. The van der Waals surface area contributed by atoms with E-state index in [1.807, 2.05) is 6.92 Å². The van der Waals surface area contributed by atoms with Crippen molar-refractivity contribution >= 4 is 17.5 Å². The summed E-state index contributed by atoms with van der Waals surface area (Å²) in [5.74, 6) is 0.0166. The van der Waals surface area contributed by atoms with Crippen LogP contribution in [0, 0.1) is 17.0 Å². The summed E-state index contributed by atoms with van der Waals surface area (Å²) in [7, 11) is 0. The molecule has 0 aromatic carbocycles. The molecular weight excluding hydrogens is 250 g/mol. The largest absolute Gasteiger partial charge is 0.368 e. The predicted molar refractivity (Wildman–Crippen MR) is 67.2 cm³/mol. The molecule has 0 amide bonds. The van der Waals surface area contributed by atoms with E-state index in [2.05, 4.69) is 25.3 Å². The molecule has 2 aromatic rings. The van der Waals surface area contributed by atoms with Crippen LogP contribution in [-0.2, 0) is 6.54 Å². The summed E-state index contributed by atoms with van der Waals surface area (Å²) >= 11 is 0. The van der Waals surface area contributed by atoms with Crippen molar-refractivity contribution in [2.75, 3.05) is 11.1 Å². The zero-order valence-corrected chi connectivity index (χ0v) is 10.1. The molecule has 19 heavy (non-hydrogen) atoms. The summed E-state index contributed by atoms with van der Waals surface area (Å²) in [6, 6.07) is 0. The molecule has 0 unspecified atom stereocenters. The van der Waals surface area contributed by atoms with Gasteiger partial charge >= 0.3 is 5.69 Å². The highest BCUT2D eigenvalue weighted by molar-refractivity contribution is 5.56. The van der Waals surface area contributed by atoms with E-state index in [0.29, 0.717) is 5.69 Å². The number of nitrogens with two attached hydrogens (primary N) is 1. The lowest BCUT2D eigenvalue weighted by atomic mass is 10.4. The van der Waals surface area contributed by atoms with Crippen LogP contribution < -0.4 is 11.1 Å². The van der Waals surface area contributed by atoms with Gasteiger partial charge in [0.1, 0.15) is 6.20 Å². The maximum Gasteiger partial charge on any atom is 0.329 e. The van der Waals surface area contributed by atoms with Gasteiger partial charge in [0.25, 0.3) is 0 Å². The Morgan fingerprint density at radius 1 is 1.32 bits per heavy atom. The molecule has 0 saturated carbocycles. The van der Waals surface area contributed by atoms with E-state index in [1.165, 1.54) is 0 Å². The van der Waals surface area contributed by atoms with Crippen LogP contribution in [0.1, 0.15) is 11.4 Å². The fraction of sp³-hybridized carbons (Fsp3) is 0.200. The first kappa shape index (κ1) is 12.6. The molecule has 0 spiro atoms. The zero-order chi connectivity index (χ0) is 13.8. The first-order chi connectivity index (χ1) is 9.06. The third kappa shape index (κ3) is 3.09. The van der Waals surface area contributed by atoms with Crippen molar-refractivity contribution in [3.63, 3.8) is 0 Å². The number of hydrogen-bond donors (Lipinski definition) is 2. The maximum atomic E-state index is 10.8. The zero-order valence-electron chi connectivity index (χ0n) is 10.1. The van der Waals surface area contributed by atoms with Crippen LogP contribution in [0.5, 0.6) is 0 Å². The Morgan fingerprint density at radius 3 is 2.74 bits per heavy atom. The minimum absolute atomic E-state index is 0.0388. The van der Waals surface area contributed by atoms with Crippen molar-refractivity contribution < 1.29 is 4.92 Å². The average Bonchev–Trinajstić information content (AvgIpc) is 2.38. The van der Waals surface area contributed by atoms with Gasteiger partial charge in [-0.3, -0.25) is 20.1 Å². The highest BCUT2D eigenvalue weighted by atomic mass is 16.6. The van der Waals surface area contributed by atoms with Crippen LogP contribution in [0.25, 0.3) is 0 Å². The number of anilines is 2. The molecule has 2 heterocycles. The minimum atomic E-state index is -0.581. The number of hydrogen-bond acceptors (Lipinski definition) is 8. The predicted octanol–water partition coefficient (Wildman–Crippen LogP) is 0.678. The summed E-state index contributed by atoms with van der Waals surface area (Å²) in [5.41, 5.74) is 6.59. The van der Waals surface area contributed by atoms with Crippen LogP contribution >= 0.6 is 0 Å². The second-order valence-electron chi connectivity index (χ2n) is 3.72. The van der Waals surface area contributed by atoms with Crippen molar-refractivity contribution in [1.82, 2.24) is 19.9 Å². The third-order valence-corrected chi connectivity index (χ3v) is 2.26. The van der Waals surface area contributed by atoms with Gasteiger partial charge in [0.05, 0.1) is 29.1 Å². The van der Waals surface area contributed by atoms with Crippen LogP contribution in [0.2, 0.25) is 0 Å². The molecule has 0 bridgehead atoms. The molecule has 9 heteroatoms. The molecule has 0 aliphatic carbocycles. The number of aromatic nitrogens is 4. The van der Waals surface area contributed by atoms with E-state index < -0.39 is 4.92 Å². The van der Waals surface area contributed by atoms with Crippen LogP contribution in [0.15, 0.2) is 18.6 Å².